The minimum absolute atomic E-state index is 0.159. The summed E-state index contributed by atoms with van der Waals surface area (Å²) in [6, 6.07) is -1.60. The zero-order chi connectivity index (χ0) is 16.6. The number of carboxylic acids is 1. The molecule has 0 spiro atoms. The van der Waals surface area contributed by atoms with Crippen molar-refractivity contribution < 1.29 is 19.5 Å². The molecule has 0 aliphatic heterocycles. The Hall–Kier alpha value is -1.83. The van der Waals surface area contributed by atoms with Crippen molar-refractivity contribution in [2.75, 3.05) is 33.7 Å². The van der Waals surface area contributed by atoms with Gasteiger partial charge in [-0.05, 0) is 26.4 Å². The first-order valence-electron chi connectivity index (χ1n) is 6.84. The van der Waals surface area contributed by atoms with E-state index in [2.05, 4.69) is 5.32 Å². The SMILES string of the molecule is CC(C)CC(NC(N)=O)C(=O)N(CCN(C)C)CC(=O)O. The predicted octanol–water partition coefficient (Wildman–Crippen LogP) is -0.456. The van der Waals surface area contributed by atoms with Crippen molar-refractivity contribution >= 4 is 17.9 Å². The van der Waals surface area contributed by atoms with Crippen LogP contribution in [0.3, 0.4) is 0 Å². The van der Waals surface area contributed by atoms with Gasteiger partial charge in [0.15, 0.2) is 0 Å². The van der Waals surface area contributed by atoms with Crippen LogP contribution in [0.15, 0.2) is 0 Å². The normalized spacial score (nSPS) is 12.3. The van der Waals surface area contributed by atoms with Crippen LogP contribution in [0.5, 0.6) is 0 Å². The highest BCUT2D eigenvalue weighted by Gasteiger charge is 2.27. The van der Waals surface area contributed by atoms with Crippen molar-refractivity contribution in [1.82, 2.24) is 15.1 Å². The fourth-order valence-corrected chi connectivity index (χ4v) is 1.84. The molecule has 0 saturated heterocycles. The lowest BCUT2D eigenvalue weighted by Crippen LogP contribution is -2.52. The van der Waals surface area contributed by atoms with E-state index >= 15 is 0 Å². The summed E-state index contributed by atoms with van der Waals surface area (Å²) in [7, 11) is 3.66. The number of nitrogens with one attached hydrogen (secondary N) is 1. The molecule has 0 heterocycles. The van der Waals surface area contributed by atoms with Crippen molar-refractivity contribution in [3.05, 3.63) is 0 Å². The van der Waals surface area contributed by atoms with Crippen molar-refractivity contribution in [1.29, 1.82) is 0 Å². The summed E-state index contributed by atoms with van der Waals surface area (Å²) < 4.78 is 0. The maximum atomic E-state index is 12.4. The lowest BCUT2D eigenvalue weighted by Gasteiger charge is -2.28. The lowest BCUT2D eigenvalue weighted by molar-refractivity contribution is -0.145. The van der Waals surface area contributed by atoms with Gasteiger partial charge in [0.2, 0.25) is 5.91 Å². The highest BCUT2D eigenvalue weighted by Crippen LogP contribution is 2.08. The van der Waals surface area contributed by atoms with E-state index in [4.69, 9.17) is 10.8 Å². The van der Waals surface area contributed by atoms with E-state index in [1.165, 1.54) is 4.90 Å². The molecule has 0 aromatic rings. The van der Waals surface area contributed by atoms with E-state index < -0.39 is 30.5 Å². The Labute approximate surface area is 125 Å². The number of urea groups is 1. The standard InChI is InChI=1S/C13H26N4O4/c1-9(2)7-10(15-13(14)21)12(20)17(8-11(18)19)6-5-16(3)4/h9-10H,5-8H2,1-4H3,(H,18,19)(H3,14,15,21). The number of amides is 3. The summed E-state index contributed by atoms with van der Waals surface area (Å²) in [6.45, 7) is 4.22. The smallest absolute Gasteiger partial charge is 0.323 e. The number of carboxylic acid groups (broad SMARTS) is 1. The fourth-order valence-electron chi connectivity index (χ4n) is 1.84. The van der Waals surface area contributed by atoms with Crippen LogP contribution in [0, 0.1) is 5.92 Å². The first-order chi connectivity index (χ1) is 9.63. The number of nitrogens with zero attached hydrogens (tertiary/aromatic N) is 2. The number of rotatable bonds is 9. The predicted molar refractivity (Wildman–Crippen MR) is 78.7 cm³/mol. The van der Waals surface area contributed by atoms with Crippen LogP contribution < -0.4 is 11.1 Å². The Kier molecular flexibility index (Phi) is 8.37. The summed E-state index contributed by atoms with van der Waals surface area (Å²) in [5, 5.41) is 11.3. The van der Waals surface area contributed by atoms with Gasteiger partial charge in [-0.1, -0.05) is 13.8 Å². The molecule has 1 atom stereocenters. The second kappa shape index (κ2) is 9.17. The molecular weight excluding hydrogens is 276 g/mol. The second-order valence-corrected chi connectivity index (χ2v) is 5.65. The van der Waals surface area contributed by atoms with E-state index in [-0.39, 0.29) is 12.5 Å². The number of hydrogen-bond donors (Lipinski definition) is 3. The molecule has 0 rings (SSSR count). The van der Waals surface area contributed by atoms with Gasteiger partial charge in [-0.15, -0.1) is 0 Å². The Morgan fingerprint density at radius 2 is 1.76 bits per heavy atom. The summed E-state index contributed by atoms with van der Waals surface area (Å²) >= 11 is 0. The molecule has 122 valence electrons. The Morgan fingerprint density at radius 3 is 2.14 bits per heavy atom. The molecule has 0 aromatic carbocycles. The van der Waals surface area contributed by atoms with Crippen LogP contribution in [0.2, 0.25) is 0 Å². The van der Waals surface area contributed by atoms with Crippen molar-refractivity contribution in [3.63, 3.8) is 0 Å². The van der Waals surface area contributed by atoms with E-state index in [0.717, 1.165) is 0 Å². The maximum Gasteiger partial charge on any atom is 0.323 e. The number of hydrogen-bond acceptors (Lipinski definition) is 4. The van der Waals surface area contributed by atoms with E-state index in [0.29, 0.717) is 13.0 Å². The zero-order valence-corrected chi connectivity index (χ0v) is 13.1. The van der Waals surface area contributed by atoms with Crippen LogP contribution in [-0.4, -0.2) is 72.6 Å². The van der Waals surface area contributed by atoms with E-state index in [9.17, 15) is 14.4 Å². The quantitative estimate of drug-likeness (QED) is 0.533. The fraction of sp³-hybridized carbons (Fsp3) is 0.769. The second-order valence-electron chi connectivity index (χ2n) is 5.65. The number of aliphatic carboxylic acids is 1. The van der Waals surface area contributed by atoms with Gasteiger partial charge in [0.05, 0.1) is 0 Å². The van der Waals surface area contributed by atoms with E-state index in [1.54, 1.807) is 0 Å². The summed E-state index contributed by atoms with van der Waals surface area (Å²) in [5.41, 5.74) is 5.09. The van der Waals surface area contributed by atoms with Crippen molar-refractivity contribution in [2.24, 2.45) is 11.7 Å². The summed E-state index contributed by atoms with van der Waals surface area (Å²) in [6.07, 6.45) is 0.403. The third kappa shape index (κ3) is 8.85. The molecule has 0 fully saturated rings. The van der Waals surface area contributed by atoms with Gasteiger partial charge >= 0.3 is 12.0 Å². The largest absolute Gasteiger partial charge is 0.480 e. The highest BCUT2D eigenvalue weighted by molar-refractivity contribution is 5.88. The maximum absolute atomic E-state index is 12.4. The molecule has 0 aromatic heterocycles. The number of primary amides is 1. The number of likely N-dealkylation sites (N-methyl/N-ethyl adjacent to an activating group) is 1. The molecule has 8 nitrogen and oxygen atoms in total. The van der Waals surface area contributed by atoms with Gasteiger partial charge in [-0.25, -0.2) is 4.79 Å². The molecule has 3 amide bonds. The molecule has 0 radical (unpaired) electrons. The average molecular weight is 302 g/mol. The molecule has 4 N–H and O–H groups in total. The molecular formula is C13H26N4O4. The summed E-state index contributed by atoms with van der Waals surface area (Å²) in [4.78, 5) is 37.4. The Balaban J connectivity index is 4.97. The first-order valence-corrected chi connectivity index (χ1v) is 6.84. The number of carbonyl (C=O) groups excluding carboxylic acids is 2. The van der Waals surface area contributed by atoms with Gasteiger partial charge in [0.25, 0.3) is 0 Å². The first kappa shape index (κ1) is 19.2. The third-order valence-electron chi connectivity index (χ3n) is 2.78. The summed E-state index contributed by atoms with van der Waals surface area (Å²) in [5.74, 6) is -1.36. The van der Waals surface area contributed by atoms with Gasteiger partial charge in [0, 0.05) is 13.1 Å². The zero-order valence-electron chi connectivity index (χ0n) is 13.1. The molecule has 1 unspecified atom stereocenters. The van der Waals surface area contributed by atoms with Crippen LogP contribution in [0.4, 0.5) is 4.79 Å². The molecule has 0 aliphatic rings. The van der Waals surface area contributed by atoms with Crippen LogP contribution >= 0.6 is 0 Å². The molecule has 21 heavy (non-hydrogen) atoms. The van der Waals surface area contributed by atoms with Gasteiger partial charge < -0.3 is 26.0 Å². The minimum Gasteiger partial charge on any atom is -0.480 e. The Morgan fingerprint density at radius 1 is 1.19 bits per heavy atom. The molecule has 0 aliphatic carbocycles. The van der Waals surface area contributed by atoms with Crippen LogP contribution in [-0.2, 0) is 9.59 Å². The minimum atomic E-state index is -1.09. The van der Waals surface area contributed by atoms with Crippen molar-refractivity contribution in [2.45, 2.75) is 26.3 Å². The topological polar surface area (TPSA) is 116 Å². The van der Waals surface area contributed by atoms with Gasteiger partial charge in [-0.2, -0.15) is 0 Å². The number of carbonyl (C=O) groups is 3. The molecule has 8 heteroatoms. The van der Waals surface area contributed by atoms with Crippen molar-refractivity contribution in [3.8, 4) is 0 Å². The van der Waals surface area contributed by atoms with Gasteiger partial charge in [-0.3, -0.25) is 9.59 Å². The molecule has 0 bridgehead atoms. The number of nitrogens with two attached hydrogens (primary N) is 1. The van der Waals surface area contributed by atoms with E-state index in [1.807, 2.05) is 32.8 Å². The molecule has 0 saturated carbocycles. The highest BCUT2D eigenvalue weighted by atomic mass is 16.4. The van der Waals surface area contributed by atoms with Crippen LogP contribution in [0.1, 0.15) is 20.3 Å². The average Bonchev–Trinajstić information content (AvgIpc) is 2.30. The van der Waals surface area contributed by atoms with Gasteiger partial charge in [0.1, 0.15) is 12.6 Å². The monoisotopic (exact) mass is 302 g/mol. The lowest BCUT2D eigenvalue weighted by atomic mass is 10.0. The van der Waals surface area contributed by atoms with Crippen LogP contribution in [0.25, 0.3) is 0 Å². The Bertz CT molecular complexity index is 371. The third-order valence-corrected chi connectivity index (χ3v) is 2.78.